The number of nitrogens with one attached hydrogen (secondary N) is 2. The average Bonchev–Trinajstić information content (AvgIpc) is 2.59. The summed E-state index contributed by atoms with van der Waals surface area (Å²) in [6.45, 7) is 6.03. The van der Waals surface area contributed by atoms with Crippen LogP contribution < -0.4 is 15.8 Å². The van der Waals surface area contributed by atoms with E-state index in [9.17, 15) is 13.5 Å². The van der Waals surface area contributed by atoms with Crippen molar-refractivity contribution in [2.45, 2.75) is 45.6 Å². The predicted molar refractivity (Wildman–Crippen MR) is 115 cm³/mol. The zero-order valence-corrected chi connectivity index (χ0v) is 18.1. The van der Waals surface area contributed by atoms with Gasteiger partial charge in [0.05, 0.1) is 18.9 Å². The number of aliphatic hydroxyl groups is 1. The van der Waals surface area contributed by atoms with Gasteiger partial charge in [-0.3, -0.25) is 4.72 Å². The van der Waals surface area contributed by atoms with Crippen LogP contribution in [-0.2, 0) is 16.4 Å². The summed E-state index contributed by atoms with van der Waals surface area (Å²) in [4.78, 5) is 12.8. The van der Waals surface area contributed by atoms with Crippen molar-refractivity contribution < 1.29 is 13.5 Å². The number of sulfonamides is 1. The van der Waals surface area contributed by atoms with Gasteiger partial charge in [-0.25, -0.2) is 8.42 Å². The molecule has 10 heteroatoms. The van der Waals surface area contributed by atoms with Crippen LogP contribution in [0.2, 0.25) is 0 Å². The summed E-state index contributed by atoms with van der Waals surface area (Å²) in [6, 6.07) is 7.32. The first-order valence-corrected chi connectivity index (χ1v) is 11.4. The topological polar surface area (TPSA) is 143 Å². The Kier molecular flexibility index (Phi) is 7.74. The zero-order chi connectivity index (χ0) is 21.6. The number of nitrogens with zero attached hydrogens (tertiary/aromatic N) is 3. The Bertz CT molecular complexity index is 920. The number of aliphatic hydroxyl groups excluding tert-OH is 1. The number of hydrogen-bond acceptors (Lipinski definition) is 8. The third-order valence-corrected chi connectivity index (χ3v) is 4.79. The van der Waals surface area contributed by atoms with Gasteiger partial charge in [-0.05, 0) is 36.0 Å². The molecular weight excluding hydrogens is 392 g/mol. The van der Waals surface area contributed by atoms with Gasteiger partial charge < -0.3 is 16.2 Å². The van der Waals surface area contributed by atoms with Gasteiger partial charge in [-0.2, -0.15) is 15.0 Å². The molecule has 0 radical (unpaired) electrons. The second-order valence-electron chi connectivity index (χ2n) is 7.70. The van der Waals surface area contributed by atoms with Gasteiger partial charge in [0.15, 0.2) is 0 Å². The maximum absolute atomic E-state index is 11.6. The molecular formula is C19H30N6O3S. The van der Waals surface area contributed by atoms with Crippen LogP contribution in [0.15, 0.2) is 24.3 Å². The summed E-state index contributed by atoms with van der Waals surface area (Å²) in [7, 11) is -3.55. The SMILES string of the molecule is CC(C)CC(CO)Nc1nc(CC(C)c2cccc(N)c2)nc(NS(C)(=O)=O)n1. The molecule has 0 aliphatic heterocycles. The average molecular weight is 423 g/mol. The summed E-state index contributed by atoms with van der Waals surface area (Å²) < 4.78 is 25.6. The number of nitrogen functional groups attached to an aromatic ring is 1. The number of anilines is 3. The summed E-state index contributed by atoms with van der Waals surface area (Å²) >= 11 is 0. The van der Waals surface area contributed by atoms with E-state index in [0.29, 0.717) is 30.3 Å². The Morgan fingerprint density at radius 2 is 1.83 bits per heavy atom. The van der Waals surface area contributed by atoms with E-state index < -0.39 is 10.0 Å². The quantitative estimate of drug-likeness (QED) is 0.426. The van der Waals surface area contributed by atoms with Crippen LogP contribution in [0.25, 0.3) is 0 Å². The molecule has 1 heterocycles. The second kappa shape index (κ2) is 9.84. The molecule has 2 atom stereocenters. The number of rotatable bonds is 10. The van der Waals surface area contributed by atoms with Gasteiger partial charge >= 0.3 is 0 Å². The van der Waals surface area contributed by atoms with Gasteiger partial charge in [-0.15, -0.1) is 0 Å². The van der Waals surface area contributed by atoms with E-state index in [4.69, 9.17) is 5.73 Å². The second-order valence-corrected chi connectivity index (χ2v) is 9.45. The van der Waals surface area contributed by atoms with Crippen molar-refractivity contribution in [3.8, 4) is 0 Å². The van der Waals surface area contributed by atoms with Crippen molar-refractivity contribution in [3.05, 3.63) is 35.7 Å². The van der Waals surface area contributed by atoms with E-state index >= 15 is 0 Å². The van der Waals surface area contributed by atoms with Crippen LogP contribution in [0.4, 0.5) is 17.6 Å². The predicted octanol–water partition coefficient (Wildman–Crippen LogP) is 1.99. The molecule has 9 nitrogen and oxygen atoms in total. The molecule has 5 N–H and O–H groups in total. The Hall–Kier alpha value is -2.46. The molecule has 2 rings (SSSR count). The van der Waals surface area contributed by atoms with E-state index in [1.165, 1.54) is 0 Å². The smallest absolute Gasteiger partial charge is 0.241 e. The fourth-order valence-electron chi connectivity index (χ4n) is 2.98. The number of nitrogens with two attached hydrogens (primary N) is 1. The minimum atomic E-state index is -3.55. The monoisotopic (exact) mass is 422 g/mol. The molecule has 0 amide bonds. The standard InChI is InChI=1S/C19H30N6O3S/c1-12(2)8-16(11-26)21-18-22-17(23-19(24-18)25-29(4,27)28)9-13(3)14-6-5-7-15(20)10-14/h5-7,10,12-13,16,26H,8-9,11,20H2,1-4H3,(H2,21,22,23,24,25). The highest BCUT2D eigenvalue weighted by atomic mass is 32.2. The number of aromatic nitrogens is 3. The van der Waals surface area contributed by atoms with Crippen molar-refractivity contribution in [3.63, 3.8) is 0 Å². The van der Waals surface area contributed by atoms with Gasteiger partial charge in [0, 0.05) is 12.1 Å². The Morgan fingerprint density at radius 1 is 1.14 bits per heavy atom. The van der Waals surface area contributed by atoms with Crippen molar-refractivity contribution >= 4 is 27.6 Å². The largest absolute Gasteiger partial charge is 0.399 e. The van der Waals surface area contributed by atoms with Crippen molar-refractivity contribution in [2.24, 2.45) is 5.92 Å². The highest BCUT2D eigenvalue weighted by Gasteiger charge is 2.17. The molecule has 0 fully saturated rings. The first-order chi connectivity index (χ1) is 13.6. The third-order valence-electron chi connectivity index (χ3n) is 4.24. The van der Waals surface area contributed by atoms with Gasteiger partial charge in [0.2, 0.25) is 21.9 Å². The van der Waals surface area contributed by atoms with Crippen LogP contribution in [0.5, 0.6) is 0 Å². The van der Waals surface area contributed by atoms with Crippen molar-refractivity contribution in [1.29, 1.82) is 0 Å². The number of hydrogen-bond donors (Lipinski definition) is 4. The van der Waals surface area contributed by atoms with E-state index in [1.807, 2.05) is 45.0 Å². The van der Waals surface area contributed by atoms with Crippen LogP contribution >= 0.6 is 0 Å². The Labute approximate surface area is 172 Å². The summed E-state index contributed by atoms with van der Waals surface area (Å²) in [5.41, 5.74) is 7.57. The third kappa shape index (κ3) is 7.82. The fourth-order valence-corrected chi connectivity index (χ4v) is 3.40. The van der Waals surface area contributed by atoms with Gasteiger partial charge in [0.25, 0.3) is 0 Å². The minimum Gasteiger partial charge on any atom is -0.399 e. The minimum absolute atomic E-state index is 0.0546. The van der Waals surface area contributed by atoms with Crippen molar-refractivity contribution in [2.75, 3.05) is 28.6 Å². The molecule has 160 valence electrons. The molecule has 1 aromatic heterocycles. The molecule has 2 aromatic rings. The lowest BCUT2D eigenvalue weighted by molar-refractivity contribution is 0.259. The molecule has 0 saturated carbocycles. The van der Waals surface area contributed by atoms with E-state index in [-0.39, 0.29) is 30.5 Å². The molecule has 2 unspecified atom stereocenters. The fraction of sp³-hybridized carbons (Fsp3) is 0.526. The van der Waals surface area contributed by atoms with E-state index in [0.717, 1.165) is 11.8 Å². The Morgan fingerprint density at radius 3 is 2.41 bits per heavy atom. The molecule has 0 aliphatic rings. The van der Waals surface area contributed by atoms with Gasteiger partial charge in [-0.1, -0.05) is 32.9 Å². The van der Waals surface area contributed by atoms with Gasteiger partial charge in [0.1, 0.15) is 5.82 Å². The maximum atomic E-state index is 11.6. The lowest BCUT2D eigenvalue weighted by Gasteiger charge is -2.19. The highest BCUT2D eigenvalue weighted by Crippen LogP contribution is 2.22. The Balaban J connectivity index is 2.30. The first kappa shape index (κ1) is 22.8. The summed E-state index contributed by atoms with van der Waals surface area (Å²) in [6.07, 6.45) is 2.22. The zero-order valence-electron chi connectivity index (χ0n) is 17.3. The van der Waals surface area contributed by atoms with Crippen LogP contribution in [-0.4, -0.2) is 47.4 Å². The lowest BCUT2D eigenvalue weighted by Crippen LogP contribution is -2.27. The molecule has 29 heavy (non-hydrogen) atoms. The van der Waals surface area contributed by atoms with Crippen molar-refractivity contribution in [1.82, 2.24) is 15.0 Å². The molecule has 1 aromatic carbocycles. The molecule has 0 spiro atoms. The van der Waals surface area contributed by atoms with E-state index in [2.05, 4.69) is 25.0 Å². The summed E-state index contributed by atoms with van der Waals surface area (Å²) in [5.74, 6) is 1.02. The molecule has 0 saturated heterocycles. The first-order valence-electron chi connectivity index (χ1n) is 9.51. The molecule has 0 aliphatic carbocycles. The highest BCUT2D eigenvalue weighted by molar-refractivity contribution is 7.91. The summed E-state index contributed by atoms with van der Waals surface area (Å²) in [5, 5.41) is 12.7. The maximum Gasteiger partial charge on any atom is 0.241 e. The van der Waals surface area contributed by atoms with Crippen LogP contribution in [0.3, 0.4) is 0 Å². The van der Waals surface area contributed by atoms with Crippen LogP contribution in [0, 0.1) is 5.92 Å². The molecule has 0 bridgehead atoms. The van der Waals surface area contributed by atoms with E-state index in [1.54, 1.807) is 0 Å². The lowest BCUT2D eigenvalue weighted by atomic mass is 9.97. The normalized spacial score (nSPS) is 13.9. The number of benzene rings is 1. The van der Waals surface area contributed by atoms with Crippen LogP contribution in [0.1, 0.15) is 44.5 Å².